The molecule has 1 unspecified atom stereocenters. The molecule has 0 amide bonds. The summed E-state index contributed by atoms with van der Waals surface area (Å²) in [4.78, 5) is 13.0. The molecule has 170 valence electrons. The van der Waals surface area contributed by atoms with Gasteiger partial charge in [0.1, 0.15) is 0 Å². The minimum Gasteiger partial charge on any atom is -0.424 e. The van der Waals surface area contributed by atoms with Crippen molar-refractivity contribution in [1.82, 2.24) is 0 Å². The number of ether oxygens (including phenoxy) is 1. The number of anilines is 1. The largest absolute Gasteiger partial charge is 0.424 e. The standard InChI is InChI=1S/C28H41NO2/c1-3-5-7-9-10-13-19-24(18-12-8-6-4-2)28(30)31-27-21-20-25(22-26(27)29)23-16-14-11-15-17-23/h11,14-17,20-22,24H,3-10,12-13,18-19,29H2,1-2H3. The molecule has 0 saturated heterocycles. The molecule has 0 aliphatic rings. The van der Waals surface area contributed by atoms with Crippen molar-refractivity contribution >= 4 is 11.7 Å². The lowest BCUT2D eigenvalue weighted by Crippen LogP contribution is -2.21. The van der Waals surface area contributed by atoms with Crippen molar-refractivity contribution < 1.29 is 9.53 Å². The van der Waals surface area contributed by atoms with E-state index in [-0.39, 0.29) is 11.9 Å². The van der Waals surface area contributed by atoms with Gasteiger partial charge in [-0.15, -0.1) is 0 Å². The second-order valence-electron chi connectivity index (χ2n) is 8.64. The summed E-state index contributed by atoms with van der Waals surface area (Å²) >= 11 is 0. The number of esters is 1. The minimum absolute atomic E-state index is 0.0313. The van der Waals surface area contributed by atoms with Gasteiger partial charge < -0.3 is 10.5 Å². The number of hydrogen-bond donors (Lipinski definition) is 1. The molecule has 2 aromatic rings. The first kappa shape index (κ1) is 25.0. The molecule has 2 N–H and O–H groups in total. The Morgan fingerprint density at radius 3 is 1.97 bits per heavy atom. The maximum Gasteiger partial charge on any atom is 0.314 e. The molecule has 0 saturated carbocycles. The van der Waals surface area contributed by atoms with Crippen molar-refractivity contribution in [3.63, 3.8) is 0 Å². The molecule has 3 nitrogen and oxygen atoms in total. The highest BCUT2D eigenvalue weighted by molar-refractivity contribution is 5.78. The molecule has 0 aliphatic carbocycles. The second-order valence-corrected chi connectivity index (χ2v) is 8.64. The van der Waals surface area contributed by atoms with Crippen LogP contribution < -0.4 is 10.5 Å². The van der Waals surface area contributed by atoms with Gasteiger partial charge in [0.2, 0.25) is 0 Å². The highest BCUT2D eigenvalue weighted by Crippen LogP contribution is 2.30. The quantitative estimate of drug-likeness (QED) is 0.136. The van der Waals surface area contributed by atoms with Crippen LogP contribution in [0, 0.1) is 5.92 Å². The van der Waals surface area contributed by atoms with E-state index in [4.69, 9.17) is 10.5 Å². The Hall–Kier alpha value is -2.29. The van der Waals surface area contributed by atoms with E-state index in [1.807, 2.05) is 48.5 Å². The van der Waals surface area contributed by atoms with Crippen LogP contribution in [-0.4, -0.2) is 5.97 Å². The molecule has 1 atom stereocenters. The van der Waals surface area contributed by atoms with E-state index in [9.17, 15) is 4.79 Å². The Bertz CT molecular complexity index is 757. The van der Waals surface area contributed by atoms with Crippen molar-refractivity contribution in [1.29, 1.82) is 0 Å². The maximum absolute atomic E-state index is 13.0. The third-order valence-electron chi connectivity index (χ3n) is 5.97. The summed E-state index contributed by atoms with van der Waals surface area (Å²) in [5.74, 6) is 0.326. The van der Waals surface area contributed by atoms with Crippen LogP contribution in [-0.2, 0) is 4.79 Å². The number of carbonyl (C=O) groups is 1. The van der Waals surface area contributed by atoms with Gasteiger partial charge in [-0.05, 0) is 36.1 Å². The van der Waals surface area contributed by atoms with Gasteiger partial charge >= 0.3 is 5.97 Å². The number of unbranched alkanes of at least 4 members (excludes halogenated alkanes) is 8. The van der Waals surface area contributed by atoms with Gasteiger partial charge in [-0.2, -0.15) is 0 Å². The molecule has 3 heteroatoms. The Labute approximate surface area is 189 Å². The summed E-state index contributed by atoms with van der Waals surface area (Å²) in [6.07, 6.45) is 14.0. The Morgan fingerprint density at radius 2 is 1.35 bits per heavy atom. The predicted molar refractivity (Wildman–Crippen MR) is 132 cm³/mol. The number of carbonyl (C=O) groups excluding carboxylic acids is 1. The molecule has 0 aliphatic heterocycles. The van der Waals surface area contributed by atoms with Gasteiger partial charge in [-0.1, -0.05) is 114 Å². The van der Waals surface area contributed by atoms with Crippen molar-refractivity contribution in [2.45, 2.75) is 90.9 Å². The molecule has 0 heterocycles. The van der Waals surface area contributed by atoms with Gasteiger partial charge in [0.25, 0.3) is 0 Å². The fourth-order valence-corrected chi connectivity index (χ4v) is 4.01. The van der Waals surface area contributed by atoms with E-state index in [2.05, 4.69) is 13.8 Å². The van der Waals surface area contributed by atoms with Crippen molar-refractivity contribution in [3.8, 4) is 16.9 Å². The van der Waals surface area contributed by atoms with Crippen molar-refractivity contribution in [2.75, 3.05) is 5.73 Å². The van der Waals surface area contributed by atoms with E-state index >= 15 is 0 Å². The van der Waals surface area contributed by atoms with Crippen LogP contribution >= 0.6 is 0 Å². The lowest BCUT2D eigenvalue weighted by molar-refractivity contribution is -0.139. The van der Waals surface area contributed by atoms with Crippen LogP contribution in [0.2, 0.25) is 0 Å². The third kappa shape index (κ3) is 9.16. The highest BCUT2D eigenvalue weighted by Gasteiger charge is 2.21. The number of benzene rings is 2. The number of nitrogens with two attached hydrogens (primary N) is 1. The molecule has 2 aromatic carbocycles. The van der Waals surface area contributed by atoms with Crippen LogP contribution in [0.3, 0.4) is 0 Å². The summed E-state index contributed by atoms with van der Waals surface area (Å²) in [7, 11) is 0. The molecule has 0 bridgehead atoms. The Kier molecular flexibility index (Phi) is 11.8. The zero-order valence-corrected chi connectivity index (χ0v) is 19.6. The smallest absolute Gasteiger partial charge is 0.314 e. The monoisotopic (exact) mass is 423 g/mol. The SMILES string of the molecule is CCCCCCCCC(CCCCCC)C(=O)Oc1ccc(-c2ccccc2)cc1N. The summed E-state index contributed by atoms with van der Waals surface area (Å²) in [6.45, 7) is 4.45. The second kappa shape index (κ2) is 14.7. The van der Waals surface area contributed by atoms with Gasteiger partial charge in [-0.25, -0.2) is 0 Å². The van der Waals surface area contributed by atoms with Crippen molar-refractivity contribution in [2.24, 2.45) is 5.92 Å². The highest BCUT2D eigenvalue weighted by atomic mass is 16.5. The predicted octanol–water partition coefficient (Wildman–Crippen LogP) is 8.18. The molecule has 0 fully saturated rings. The van der Waals surface area contributed by atoms with Crippen LogP contribution in [0.4, 0.5) is 5.69 Å². The summed E-state index contributed by atoms with van der Waals surface area (Å²) in [5.41, 5.74) is 8.88. The average molecular weight is 424 g/mol. The molecular weight excluding hydrogens is 382 g/mol. The molecular formula is C28H41NO2. The van der Waals surface area contributed by atoms with Gasteiger partial charge in [0.05, 0.1) is 11.6 Å². The van der Waals surface area contributed by atoms with E-state index in [1.165, 1.54) is 51.4 Å². The first-order valence-corrected chi connectivity index (χ1v) is 12.3. The van der Waals surface area contributed by atoms with Gasteiger partial charge in [-0.3, -0.25) is 4.79 Å². The van der Waals surface area contributed by atoms with Gasteiger partial charge in [0.15, 0.2) is 5.75 Å². The minimum atomic E-state index is -0.121. The van der Waals surface area contributed by atoms with Crippen LogP contribution in [0.5, 0.6) is 5.75 Å². The topological polar surface area (TPSA) is 52.3 Å². The number of nitrogen functional groups attached to an aromatic ring is 1. The average Bonchev–Trinajstić information content (AvgIpc) is 2.79. The first-order chi connectivity index (χ1) is 15.2. The van der Waals surface area contributed by atoms with Crippen molar-refractivity contribution in [3.05, 3.63) is 48.5 Å². The maximum atomic E-state index is 13.0. The molecule has 0 aromatic heterocycles. The fraction of sp³-hybridized carbons (Fsp3) is 0.536. The van der Waals surface area contributed by atoms with E-state index in [1.54, 1.807) is 0 Å². The normalized spacial score (nSPS) is 11.9. The zero-order chi connectivity index (χ0) is 22.3. The van der Waals surface area contributed by atoms with E-state index in [0.717, 1.165) is 36.8 Å². The Balaban J connectivity index is 1.95. The number of hydrogen-bond acceptors (Lipinski definition) is 3. The summed E-state index contributed by atoms with van der Waals surface area (Å²) in [6, 6.07) is 15.8. The van der Waals surface area contributed by atoms with Gasteiger partial charge in [0, 0.05) is 0 Å². The molecule has 0 spiro atoms. The van der Waals surface area contributed by atoms with Crippen LogP contribution in [0.1, 0.15) is 90.9 Å². The Morgan fingerprint density at radius 1 is 0.774 bits per heavy atom. The number of rotatable bonds is 15. The van der Waals surface area contributed by atoms with Crippen LogP contribution in [0.25, 0.3) is 11.1 Å². The molecule has 0 radical (unpaired) electrons. The van der Waals surface area contributed by atoms with E-state index in [0.29, 0.717) is 11.4 Å². The van der Waals surface area contributed by atoms with E-state index < -0.39 is 0 Å². The lowest BCUT2D eigenvalue weighted by atomic mass is 9.94. The fourth-order valence-electron chi connectivity index (χ4n) is 4.01. The zero-order valence-electron chi connectivity index (χ0n) is 19.6. The first-order valence-electron chi connectivity index (χ1n) is 12.3. The third-order valence-corrected chi connectivity index (χ3v) is 5.97. The molecule has 31 heavy (non-hydrogen) atoms. The summed E-state index contributed by atoms with van der Waals surface area (Å²) in [5, 5.41) is 0. The molecule has 2 rings (SSSR count). The lowest BCUT2D eigenvalue weighted by Gasteiger charge is -2.17. The van der Waals surface area contributed by atoms with Crippen LogP contribution in [0.15, 0.2) is 48.5 Å². The summed E-state index contributed by atoms with van der Waals surface area (Å²) < 4.78 is 5.79.